The topological polar surface area (TPSA) is 81.2 Å². The summed E-state index contributed by atoms with van der Waals surface area (Å²) in [6.07, 6.45) is 3.37. The molecule has 0 unspecified atom stereocenters. The molecule has 3 heterocycles. The highest BCUT2D eigenvalue weighted by Crippen LogP contribution is 2.36. The van der Waals surface area contributed by atoms with Gasteiger partial charge in [0, 0.05) is 28.2 Å². The minimum Gasteiger partial charge on any atom is -0.465 e. The second-order valence-corrected chi connectivity index (χ2v) is 8.53. The Balaban J connectivity index is 1.58. The summed E-state index contributed by atoms with van der Waals surface area (Å²) in [7, 11) is 1.32. The fraction of sp³-hybridized carbons (Fsp3) is 0.0370. The number of hydrogen-bond acceptors (Lipinski definition) is 6. The SMILES string of the molecule is COC(=O)c1cc(-c2ccccc2)sc1NC(=O)c1cc(-c2ccncc2)nc2ccccc12. The molecule has 0 bridgehead atoms. The van der Waals surface area contributed by atoms with Crippen LogP contribution in [0.4, 0.5) is 5.00 Å². The van der Waals surface area contributed by atoms with Crippen LogP contribution >= 0.6 is 11.3 Å². The van der Waals surface area contributed by atoms with Crippen molar-refractivity contribution in [3.63, 3.8) is 0 Å². The number of nitrogens with one attached hydrogen (secondary N) is 1. The highest BCUT2D eigenvalue weighted by atomic mass is 32.1. The van der Waals surface area contributed by atoms with Gasteiger partial charge < -0.3 is 10.1 Å². The molecule has 1 amide bonds. The summed E-state index contributed by atoms with van der Waals surface area (Å²) >= 11 is 1.33. The maximum atomic E-state index is 13.5. The van der Waals surface area contributed by atoms with Crippen molar-refractivity contribution < 1.29 is 14.3 Å². The van der Waals surface area contributed by atoms with Gasteiger partial charge in [-0.15, -0.1) is 11.3 Å². The molecule has 5 aromatic rings. The van der Waals surface area contributed by atoms with Crippen molar-refractivity contribution in [1.29, 1.82) is 0 Å². The summed E-state index contributed by atoms with van der Waals surface area (Å²) in [5.74, 6) is -0.841. The summed E-state index contributed by atoms with van der Waals surface area (Å²) in [6.45, 7) is 0. The molecule has 3 aromatic heterocycles. The van der Waals surface area contributed by atoms with Crippen molar-refractivity contribution in [3.05, 3.63) is 102 Å². The number of esters is 1. The van der Waals surface area contributed by atoms with Gasteiger partial charge in [0.05, 0.1) is 29.4 Å². The standard InChI is InChI=1S/C27H19N3O3S/c1-33-27(32)21-16-24(18-7-3-2-4-8-18)34-26(21)30-25(31)20-15-23(17-11-13-28-14-12-17)29-22-10-6-5-9-19(20)22/h2-16H,1H3,(H,30,31). The van der Waals surface area contributed by atoms with Gasteiger partial charge in [-0.05, 0) is 35.9 Å². The zero-order valence-corrected chi connectivity index (χ0v) is 19.0. The third kappa shape index (κ3) is 4.16. The monoisotopic (exact) mass is 465 g/mol. The van der Waals surface area contributed by atoms with Gasteiger partial charge in [0.25, 0.3) is 5.91 Å². The first kappa shape index (κ1) is 21.5. The van der Waals surface area contributed by atoms with E-state index in [0.717, 1.165) is 21.4 Å². The van der Waals surface area contributed by atoms with E-state index in [9.17, 15) is 9.59 Å². The Kier molecular flexibility index (Phi) is 5.84. The van der Waals surface area contributed by atoms with Gasteiger partial charge in [0.2, 0.25) is 0 Å². The van der Waals surface area contributed by atoms with Crippen LogP contribution in [0.5, 0.6) is 0 Å². The highest BCUT2D eigenvalue weighted by molar-refractivity contribution is 7.20. The number of pyridine rings is 2. The molecule has 34 heavy (non-hydrogen) atoms. The number of methoxy groups -OCH3 is 1. The molecule has 0 fully saturated rings. The summed E-state index contributed by atoms with van der Waals surface area (Å²) in [6, 6.07) is 24.4. The molecule has 6 nitrogen and oxygen atoms in total. The Labute approximate surface area is 199 Å². The Hall–Kier alpha value is -4.36. The predicted octanol–water partition coefficient (Wildman–Crippen LogP) is 6.06. The lowest BCUT2D eigenvalue weighted by Crippen LogP contribution is -2.14. The van der Waals surface area contributed by atoms with E-state index >= 15 is 0 Å². The molecule has 0 aliphatic carbocycles. The molecule has 0 saturated carbocycles. The average Bonchev–Trinajstić information content (AvgIpc) is 3.32. The number of nitrogens with zero attached hydrogens (tertiary/aromatic N) is 2. The van der Waals surface area contributed by atoms with E-state index in [4.69, 9.17) is 9.72 Å². The quantitative estimate of drug-likeness (QED) is 0.319. The first-order chi connectivity index (χ1) is 16.6. The van der Waals surface area contributed by atoms with E-state index in [0.29, 0.717) is 27.3 Å². The van der Waals surface area contributed by atoms with E-state index in [1.54, 1.807) is 24.5 Å². The predicted molar refractivity (Wildman–Crippen MR) is 134 cm³/mol. The summed E-state index contributed by atoms with van der Waals surface area (Å²) in [5, 5.41) is 4.09. The molecule has 0 spiro atoms. The van der Waals surface area contributed by atoms with Gasteiger partial charge in [-0.3, -0.25) is 9.78 Å². The molecule has 0 radical (unpaired) electrons. The van der Waals surface area contributed by atoms with Crippen LogP contribution in [0.1, 0.15) is 20.7 Å². The van der Waals surface area contributed by atoms with Crippen molar-refractivity contribution in [2.45, 2.75) is 0 Å². The molecule has 7 heteroatoms. The number of hydrogen-bond donors (Lipinski definition) is 1. The van der Waals surface area contributed by atoms with E-state index in [1.165, 1.54) is 18.4 Å². The number of fused-ring (bicyclic) bond motifs is 1. The number of thiophene rings is 1. The number of aromatic nitrogens is 2. The summed E-state index contributed by atoms with van der Waals surface area (Å²) < 4.78 is 4.96. The summed E-state index contributed by atoms with van der Waals surface area (Å²) in [5.41, 5.74) is 3.94. The number of rotatable bonds is 5. The van der Waals surface area contributed by atoms with E-state index < -0.39 is 5.97 Å². The van der Waals surface area contributed by atoms with Gasteiger partial charge in [0.15, 0.2) is 0 Å². The molecular formula is C27H19N3O3S. The normalized spacial score (nSPS) is 10.7. The highest BCUT2D eigenvalue weighted by Gasteiger charge is 2.21. The average molecular weight is 466 g/mol. The first-order valence-electron chi connectivity index (χ1n) is 10.5. The van der Waals surface area contributed by atoms with Gasteiger partial charge >= 0.3 is 5.97 Å². The maximum absolute atomic E-state index is 13.5. The molecule has 2 aromatic carbocycles. The number of ether oxygens (including phenoxy) is 1. The van der Waals surface area contributed by atoms with Crippen LogP contribution in [0.2, 0.25) is 0 Å². The van der Waals surface area contributed by atoms with E-state index in [-0.39, 0.29) is 5.91 Å². The molecule has 1 N–H and O–H groups in total. The Morgan fingerprint density at radius 2 is 1.59 bits per heavy atom. The molecule has 5 rings (SSSR count). The molecule has 0 saturated heterocycles. The van der Waals surface area contributed by atoms with E-state index in [1.807, 2.05) is 66.7 Å². The van der Waals surface area contributed by atoms with Gasteiger partial charge in [-0.2, -0.15) is 0 Å². The Morgan fingerprint density at radius 1 is 0.853 bits per heavy atom. The molecule has 0 atom stereocenters. The lowest BCUT2D eigenvalue weighted by atomic mass is 10.0. The van der Waals surface area contributed by atoms with Gasteiger partial charge in [0.1, 0.15) is 5.00 Å². The minimum absolute atomic E-state index is 0.312. The maximum Gasteiger partial charge on any atom is 0.340 e. The molecular weight excluding hydrogens is 446 g/mol. The van der Waals surface area contributed by atoms with Crippen LogP contribution in [-0.2, 0) is 4.74 Å². The zero-order valence-electron chi connectivity index (χ0n) is 18.2. The van der Waals surface area contributed by atoms with Crippen molar-refractivity contribution >= 4 is 39.1 Å². The number of carbonyl (C=O) groups excluding carboxylic acids is 2. The Morgan fingerprint density at radius 3 is 2.35 bits per heavy atom. The van der Waals surface area contributed by atoms with Crippen molar-refractivity contribution in [3.8, 4) is 21.7 Å². The van der Waals surface area contributed by atoms with Crippen LogP contribution in [0, 0.1) is 0 Å². The fourth-order valence-electron chi connectivity index (χ4n) is 3.69. The van der Waals surface area contributed by atoms with Crippen LogP contribution in [0.25, 0.3) is 32.6 Å². The smallest absolute Gasteiger partial charge is 0.340 e. The lowest BCUT2D eigenvalue weighted by Gasteiger charge is -2.10. The van der Waals surface area contributed by atoms with Crippen molar-refractivity contribution in [2.75, 3.05) is 12.4 Å². The Bertz CT molecular complexity index is 1500. The third-order valence-corrected chi connectivity index (χ3v) is 6.46. The number of benzene rings is 2. The molecule has 0 aliphatic heterocycles. The molecule has 166 valence electrons. The molecule has 0 aliphatic rings. The van der Waals surface area contributed by atoms with Crippen LogP contribution in [0.15, 0.2) is 91.3 Å². The summed E-state index contributed by atoms with van der Waals surface area (Å²) in [4.78, 5) is 35.6. The number of amides is 1. The van der Waals surface area contributed by atoms with Crippen molar-refractivity contribution in [2.24, 2.45) is 0 Å². The minimum atomic E-state index is -0.509. The van der Waals surface area contributed by atoms with Gasteiger partial charge in [-0.1, -0.05) is 48.5 Å². The first-order valence-corrected chi connectivity index (χ1v) is 11.3. The third-order valence-electron chi connectivity index (χ3n) is 5.36. The van der Waals surface area contributed by atoms with E-state index in [2.05, 4.69) is 10.3 Å². The fourth-order valence-corrected chi connectivity index (χ4v) is 4.74. The number of anilines is 1. The second kappa shape index (κ2) is 9.25. The van der Waals surface area contributed by atoms with Crippen LogP contribution < -0.4 is 5.32 Å². The van der Waals surface area contributed by atoms with Crippen molar-refractivity contribution in [1.82, 2.24) is 9.97 Å². The number of carbonyl (C=O) groups is 2. The van der Waals surface area contributed by atoms with Crippen LogP contribution in [-0.4, -0.2) is 29.0 Å². The zero-order chi connectivity index (χ0) is 23.5. The van der Waals surface area contributed by atoms with Gasteiger partial charge in [-0.25, -0.2) is 9.78 Å². The largest absolute Gasteiger partial charge is 0.465 e. The lowest BCUT2D eigenvalue weighted by molar-refractivity contribution is 0.0602. The second-order valence-electron chi connectivity index (χ2n) is 7.47. The number of para-hydroxylation sites is 1. The van der Waals surface area contributed by atoms with Crippen LogP contribution in [0.3, 0.4) is 0 Å².